The molecule has 3 atom stereocenters. The molecule has 0 radical (unpaired) electrons. The molecule has 3 aliphatic rings. The van der Waals surface area contributed by atoms with Gasteiger partial charge < -0.3 is 20.7 Å². The van der Waals surface area contributed by atoms with Crippen LogP contribution >= 0.6 is 0 Å². The summed E-state index contributed by atoms with van der Waals surface area (Å²) in [7, 11) is 0. The number of likely N-dealkylation sites (tertiary alicyclic amines) is 1. The Labute approximate surface area is 168 Å². The Hall–Kier alpha value is -1.47. The van der Waals surface area contributed by atoms with E-state index in [9.17, 15) is 4.79 Å². The summed E-state index contributed by atoms with van der Waals surface area (Å²) >= 11 is 0. The number of hydrogen-bond acceptors (Lipinski definition) is 5. The van der Waals surface area contributed by atoms with E-state index in [0.717, 1.165) is 51.4 Å². The standard InChI is InChI=1S/C22H34N4O2/c27-22(25-17-5-2-1-3-6-17)15-26-12-9-18(10-13-26)24-20-8-4-7-19(20)21-16-28-14-11-23-21/h1-3,5-6,18-21,23-24H,4,7-16H2,(H,25,27). The average Bonchev–Trinajstić information content (AvgIpc) is 3.19. The van der Waals surface area contributed by atoms with Crippen molar-refractivity contribution in [1.82, 2.24) is 15.5 Å². The molecule has 2 heterocycles. The summed E-state index contributed by atoms with van der Waals surface area (Å²) in [5, 5.41) is 10.6. The zero-order valence-electron chi connectivity index (χ0n) is 16.7. The second kappa shape index (κ2) is 9.83. The van der Waals surface area contributed by atoms with Crippen LogP contribution in [0.25, 0.3) is 0 Å². The molecule has 6 heteroatoms. The van der Waals surface area contributed by atoms with E-state index in [1.54, 1.807) is 0 Å². The molecule has 1 aromatic rings. The molecule has 4 rings (SSSR count). The van der Waals surface area contributed by atoms with Crippen LogP contribution in [-0.2, 0) is 9.53 Å². The van der Waals surface area contributed by atoms with Crippen molar-refractivity contribution in [3.63, 3.8) is 0 Å². The molecule has 3 fully saturated rings. The number of piperidine rings is 1. The molecule has 2 aliphatic heterocycles. The van der Waals surface area contributed by atoms with Gasteiger partial charge in [-0.3, -0.25) is 9.69 Å². The number of para-hydroxylation sites is 1. The largest absolute Gasteiger partial charge is 0.379 e. The third-order valence-electron chi connectivity index (χ3n) is 6.50. The quantitative estimate of drug-likeness (QED) is 0.696. The third kappa shape index (κ3) is 5.32. The summed E-state index contributed by atoms with van der Waals surface area (Å²) in [4.78, 5) is 14.5. The van der Waals surface area contributed by atoms with E-state index in [1.165, 1.54) is 19.3 Å². The highest BCUT2D eigenvalue weighted by Crippen LogP contribution is 2.30. The Morgan fingerprint density at radius 1 is 1.14 bits per heavy atom. The molecule has 0 aromatic heterocycles. The lowest BCUT2D eigenvalue weighted by Crippen LogP contribution is -2.54. The van der Waals surface area contributed by atoms with Crippen LogP contribution in [0.15, 0.2) is 30.3 Å². The molecule has 0 spiro atoms. The fraction of sp³-hybridized carbons (Fsp3) is 0.682. The van der Waals surface area contributed by atoms with Crippen molar-refractivity contribution in [3.8, 4) is 0 Å². The molecule has 3 N–H and O–H groups in total. The lowest BCUT2D eigenvalue weighted by molar-refractivity contribution is -0.117. The number of carbonyl (C=O) groups excluding carboxylic acids is 1. The molecule has 2 saturated heterocycles. The van der Waals surface area contributed by atoms with Crippen molar-refractivity contribution >= 4 is 11.6 Å². The summed E-state index contributed by atoms with van der Waals surface area (Å²) in [5.74, 6) is 0.770. The number of benzene rings is 1. The number of amides is 1. The Balaban J connectivity index is 1.19. The second-order valence-corrected chi connectivity index (χ2v) is 8.47. The summed E-state index contributed by atoms with van der Waals surface area (Å²) in [6, 6.07) is 11.4. The highest BCUT2D eigenvalue weighted by Gasteiger charge is 2.36. The van der Waals surface area contributed by atoms with Crippen molar-refractivity contribution in [2.45, 2.75) is 50.2 Å². The fourth-order valence-electron chi connectivity index (χ4n) is 5.02. The van der Waals surface area contributed by atoms with Gasteiger partial charge in [-0.25, -0.2) is 0 Å². The van der Waals surface area contributed by atoms with E-state index in [0.29, 0.717) is 30.6 Å². The lowest BCUT2D eigenvalue weighted by Gasteiger charge is -2.37. The van der Waals surface area contributed by atoms with Crippen LogP contribution in [0.1, 0.15) is 32.1 Å². The van der Waals surface area contributed by atoms with Crippen molar-refractivity contribution in [2.24, 2.45) is 5.92 Å². The first-order chi connectivity index (χ1) is 13.8. The molecule has 1 amide bonds. The molecule has 1 aromatic carbocycles. The van der Waals surface area contributed by atoms with E-state index >= 15 is 0 Å². The van der Waals surface area contributed by atoms with Crippen LogP contribution in [0.3, 0.4) is 0 Å². The molecule has 154 valence electrons. The fourth-order valence-corrected chi connectivity index (χ4v) is 5.02. The predicted molar refractivity (Wildman–Crippen MR) is 111 cm³/mol. The zero-order valence-corrected chi connectivity index (χ0v) is 16.7. The van der Waals surface area contributed by atoms with Crippen molar-refractivity contribution in [3.05, 3.63) is 30.3 Å². The predicted octanol–water partition coefficient (Wildman–Crippen LogP) is 1.84. The number of hydrogen-bond donors (Lipinski definition) is 3. The summed E-state index contributed by atoms with van der Waals surface area (Å²) in [5.41, 5.74) is 0.872. The van der Waals surface area contributed by atoms with Gasteiger partial charge in [-0.05, 0) is 43.7 Å². The maximum atomic E-state index is 12.3. The normalized spacial score (nSPS) is 29.6. The van der Waals surface area contributed by atoms with Gasteiger partial charge in [-0.15, -0.1) is 0 Å². The monoisotopic (exact) mass is 386 g/mol. The van der Waals surface area contributed by atoms with Crippen LogP contribution < -0.4 is 16.0 Å². The minimum Gasteiger partial charge on any atom is -0.379 e. The van der Waals surface area contributed by atoms with Crippen molar-refractivity contribution < 1.29 is 9.53 Å². The van der Waals surface area contributed by atoms with Crippen LogP contribution in [0.4, 0.5) is 5.69 Å². The molecule has 28 heavy (non-hydrogen) atoms. The third-order valence-corrected chi connectivity index (χ3v) is 6.50. The number of nitrogens with one attached hydrogen (secondary N) is 3. The van der Waals surface area contributed by atoms with Crippen LogP contribution in [-0.4, -0.2) is 68.3 Å². The Morgan fingerprint density at radius 2 is 1.96 bits per heavy atom. The van der Waals surface area contributed by atoms with E-state index in [1.807, 2.05) is 30.3 Å². The molecular formula is C22H34N4O2. The number of ether oxygens (including phenoxy) is 1. The number of rotatable bonds is 6. The number of anilines is 1. The summed E-state index contributed by atoms with van der Waals surface area (Å²) in [6.45, 7) is 5.15. The van der Waals surface area contributed by atoms with Gasteiger partial charge >= 0.3 is 0 Å². The minimum absolute atomic E-state index is 0.0804. The smallest absolute Gasteiger partial charge is 0.238 e. The van der Waals surface area contributed by atoms with Gasteiger partial charge in [0.1, 0.15) is 0 Å². The topological polar surface area (TPSA) is 65.6 Å². The van der Waals surface area contributed by atoms with E-state index in [2.05, 4.69) is 20.9 Å². The average molecular weight is 387 g/mol. The van der Waals surface area contributed by atoms with Gasteiger partial charge in [-0.2, -0.15) is 0 Å². The number of nitrogens with zero attached hydrogens (tertiary/aromatic N) is 1. The van der Waals surface area contributed by atoms with Crippen molar-refractivity contribution in [1.29, 1.82) is 0 Å². The first-order valence-electron chi connectivity index (χ1n) is 10.9. The molecule has 1 aliphatic carbocycles. The van der Waals surface area contributed by atoms with Gasteiger partial charge in [0.05, 0.1) is 19.8 Å². The van der Waals surface area contributed by atoms with E-state index in [4.69, 9.17) is 4.74 Å². The Bertz CT molecular complexity index is 612. The van der Waals surface area contributed by atoms with Crippen LogP contribution in [0, 0.1) is 5.92 Å². The van der Waals surface area contributed by atoms with Gasteiger partial charge in [0, 0.05) is 43.4 Å². The second-order valence-electron chi connectivity index (χ2n) is 8.47. The number of morpholine rings is 1. The van der Waals surface area contributed by atoms with Crippen molar-refractivity contribution in [2.75, 3.05) is 44.7 Å². The molecule has 0 bridgehead atoms. The van der Waals surface area contributed by atoms with Crippen LogP contribution in [0.5, 0.6) is 0 Å². The summed E-state index contributed by atoms with van der Waals surface area (Å²) in [6.07, 6.45) is 6.14. The van der Waals surface area contributed by atoms with Gasteiger partial charge in [0.15, 0.2) is 0 Å². The highest BCUT2D eigenvalue weighted by molar-refractivity contribution is 5.92. The maximum absolute atomic E-state index is 12.3. The van der Waals surface area contributed by atoms with E-state index < -0.39 is 0 Å². The maximum Gasteiger partial charge on any atom is 0.238 e. The highest BCUT2D eigenvalue weighted by atomic mass is 16.5. The number of carbonyl (C=O) groups is 1. The lowest BCUT2D eigenvalue weighted by atomic mass is 9.92. The summed E-state index contributed by atoms with van der Waals surface area (Å²) < 4.78 is 5.69. The first-order valence-corrected chi connectivity index (χ1v) is 10.9. The molecule has 6 nitrogen and oxygen atoms in total. The minimum atomic E-state index is 0.0804. The zero-order chi connectivity index (χ0) is 19.2. The Morgan fingerprint density at radius 3 is 2.71 bits per heavy atom. The Kier molecular flexibility index (Phi) is 6.96. The van der Waals surface area contributed by atoms with Gasteiger partial charge in [0.25, 0.3) is 0 Å². The van der Waals surface area contributed by atoms with Gasteiger partial charge in [0.2, 0.25) is 5.91 Å². The molecule has 3 unspecified atom stereocenters. The molecular weight excluding hydrogens is 352 g/mol. The molecule has 1 saturated carbocycles. The first kappa shape index (κ1) is 19.8. The van der Waals surface area contributed by atoms with Crippen LogP contribution in [0.2, 0.25) is 0 Å². The van der Waals surface area contributed by atoms with Gasteiger partial charge in [-0.1, -0.05) is 24.6 Å². The van der Waals surface area contributed by atoms with E-state index in [-0.39, 0.29) is 5.91 Å². The SMILES string of the molecule is O=C(CN1CCC(NC2CCCC2C2COCCN2)CC1)Nc1ccccc1.